The minimum atomic E-state index is 0. The topological polar surface area (TPSA) is 0 Å². The first kappa shape index (κ1) is 15.2. The van der Waals surface area contributed by atoms with E-state index >= 15 is 0 Å². The summed E-state index contributed by atoms with van der Waals surface area (Å²) in [5, 5.41) is 0. The molecule has 0 heteroatoms. The molecule has 2 unspecified atom stereocenters. The molecule has 1 aliphatic rings. The van der Waals surface area contributed by atoms with Crippen LogP contribution in [-0.4, -0.2) is 0 Å². The molecule has 1 rings (SSSR count). The third kappa shape index (κ3) is 4.50. The average Bonchev–Trinajstić information content (AvgIpc) is 2.03. The Labute approximate surface area is 85.4 Å². The molecule has 0 radical (unpaired) electrons. The molecule has 80 valence electrons. The van der Waals surface area contributed by atoms with Gasteiger partial charge in [-0.15, -0.1) is 0 Å². The van der Waals surface area contributed by atoms with Crippen molar-refractivity contribution in [3.8, 4) is 0 Å². The van der Waals surface area contributed by atoms with Crippen LogP contribution in [0.2, 0.25) is 0 Å². The number of rotatable bonds is 1. The molecule has 0 aromatic heterocycles. The van der Waals surface area contributed by atoms with Crippen LogP contribution in [0.25, 0.3) is 0 Å². The molecular formula is C13H28. The number of hydrogen-bond donors (Lipinski definition) is 0. The van der Waals surface area contributed by atoms with Crippen molar-refractivity contribution < 1.29 is 0 Å². The van der Waals surface area contributed by atoms with Crippen molar-refractivity contribution >= 4 is 0 Å². The predicted molar refractivity (Wildman–Crippen MR) is 64.0 cm³/mol. The van der Waals surface area contributed by atoms with Gasteiger partial charge in [0.2, 0.25) is 0 Å². The van der Waals surface area contributed by atoms with E-state index < -0.39 is 0 Å². The van der Waals surface area contributed by atoms with Crippen LogP contribution in [0.1, 0.15) is 61.3 Å². The van der Waals surface area contributed by atoms with E-state index in [1.807, 2.05) is 0 Å². The van der Waals surface area contributed by atoms with Crippen LogP contribution in [-0.2, 0) is 0 Å². The van der Waals surface area contributed by atoms with Gasteiger partial charge >= 0.3 is 0 Å². The van der Waals surface area contributed by atoms with Crippen LogP contribution in [0.4, 0.5) is 0 Å². The van der Waals surface area contributed by atoms with Crippen molar-refractivity contribution in [3.63, 3.8) is 0 Å². The van der Waals surface area contributed by atoms with Crippen LogP contribution in [0.5, 0.6) is 0 Å². The molecule has 13 heavy (non-hydrogen) atoms. The monoisotopic (exact) mass is 184 g/mol. The maximum atomic E-state index is 2.38. The minimum Gasteiger partial charge on any atom is -0.0885 e. The van der Waals surface area contributed by atoms with E-state index in [0.29, 0.717) is 0 Å². The molecule has 0 aromatic rings. The quantitative estimate of drug-likeness (QED) is 0.500. The van der Waals surface area contributed by atoms with E-state index in [2.05, 4.69) is 26.8 Å². The second-order valence-electron chi connectivity index (χ2n) is 4.00. The third-order valence-electron chi connectivity index (χ3n) is 3.04. The Balaban J connectivity index is 0. The highest BCUT2D eigenvalue weighted by molar-refractivity contribution is 5.02. The largest absolute Gasteiger partial charge is 0.0885 e. The highest BCUT2D eigenvalue weighted by atomic mass is 14.2. The zero-order chi connectivity index (χ0) is 8.27. The zero-order valence-electron chi connectivity index (χ0n) is 8.06. The molecule has 0 aromatic carbocycles. The van der Waals surface area contributed by atoms with Gasteiger partial charge in [-0.25, -0.2) is 0 Å². The first-order chi connectivity index (χ1) is 5.24. The zero-order valence-corrected chi connectivity index (χ0v) is 8.06. The van der Waals surface area contributed by atoms with Gasteiger partial charge in [0.1, 0.15) is 0 Å². The van der Waals surface area contributed by atoms with E-state index in [4.69, 9.17) is 0 Å². The molecule has 0 nitrogen and oxygen atoms in total. The van der Waals surface area contributed by atoms with Gasteiger partial charge in [-0.3, -0.25) is 0 Å². The second kappa shape index (κ2) is 7.17. The first-order valence-electron chi connectivity index (χ1n) is 4.87. The molecule has 0 bridgehead atoms. The van der Waals surface area contributed by atoms with Gasteiger partial charge in [-0.05, 0) is 38.5 Å². The number of allylic oxidation sites excluding steroid dienone is 2. The highest BCUT2D eigenvalue weighted by Crippen LogP contribution is 2.32. The smallest absolute Gasteiger partial charge is 0.0204 e. The molecule has 1 fully saturated rings. The van der Waals surface area contributed by atoms with Gasteiger partial charge in [0.05, 0.1) is 0 Å². The molecule has 0 saturated heterocycles. The average molecular weight is 184 g/mol. The molecular weight excluding hydrogens is 156 g/mol. The van der Waals surface area contributed by atoms with Crippen molar-refractivity contribution in [1.29, 1.82) is 0 Å². The Morgan fingerprint density at radius 2 is 1.85 bits per heavy atom. The highest BCUT2D eigenvalue weighted by Gasteiger charge is 2.19. The molecule has 0 amide bonds. The summed E-state index contributed by atoms with van der Waals surface area (Å²) < 4.78 is 0. The van der Waals surface area contributed by atoms with Gasteiger partial charge < -0.3 is 0 Å². The molecule has 2 atom stereocenters. The molecule has 1 saturated carbocycles. The van der Waals surface area contributed by atoms with E-state index in [1.165, 1.54) is 25.7 Å². The Bertz CT molecular complexity index is 144. The third-order valence-corrected chi connectivity index (χ3v) is 3.04. The second-order valence-corrected chi connectivity index (χ2v) is 4.00. The summed E-state index contributed by atoms with van der Waals surface area (Å²) in [5.74, 6) is 1.87. The fourth-order valence-electron chi connectivity index (χ4n) is 2.08. The van der Waals surface area contributed by atoms with Crippen LogP contribution in [0.15, 0.2) is 11.6 Å². The van der Waals surface area contributed by atoms with Crippen molar-refractivity contribution in [3.05, 3.63) is 11.6 Å². The molecule has 0 aliphatic heterocycles. The Kier molecular flexibility index (Phi) is 8.40. The van der Waals surface area contributed by atoms with Gasteiger partial charge in [0.15, 0.2) is 0 Å². The lowest BCUT2D eigenvalue weighted by atomic mass is 9.79. The van der Waals surface area contributed by atoms with E-state index in [1.54, 1.807) is 5.57 Å². The summed E-state index contributed by atoms with van der Waals surface area (Å²) in [4.78, 5) is 0. The Morgan fingerprint density at radius 1 is 1.23 bits per heavy atom. The van der Waals surface area contributed by atoms with Crippen LogP contribution in [0.3, 0.4) is 0 Å². The van der Waals surface area contributed by atoms with E-state index in [0.717, 1.165) is 11.8 Å². The maximum absolute atomic E-state index is 2.38. The van der Waals surface area contributed by atoms with Gasteiger partial charge in [-0.1, -0.05) is 46.3 Å². The fourth-order valence-corrected chi connectivity index (χ4v) is 2.08. The van der Waals surface area contributed by atoms with E-state index in [-0.39, 0.29) is 14.9 Å². The lowest BCUT2D eigenvalue weighted by Gasteiger charge is -2.27. The molecule has 0 spiro atoms. The van der Waals surface area contributed by atoms with Crippen LogP contribution >= 0.6 is 0 Å². The molecule has 0 heterocycles. The van der Waals surface area contributed by atoms with Crippen molar-refractivity contribution in [1.82, 2.24) is 0 Å². The van der Waals surface area contributed by atoms with Crippen LogP contribution in [0, 0.1) is 11.8 Å². The lowest BCUT2D eigenvalue weighted by Crippen LogP contribution is -2.13. The fraction of sp³-hybridized carbons (Fsp3) is 0.846. The summed E-state index contributed by atoms with van der Waals surface area (Å²) in [5.41, 5.74) is 1.61. The van der Waals surface area contributed by atoms with Crippen LogP contribution < -0.4 is 0 Å². The van der Waals surface area contributed by atoms with E-state index in [9.17, 15) is 0 Å². The normalized spacial score (nSPS) is 28.7. The Hall–Kier alpha value is -0.260. The summed E-state index contributed by atoms with van der Waals surface area (Å²) in [6.45, 7) is 6.83. The minimum absolute atomic E-state index is 0. The first-order valence-corrected chi connectivity index (χ1v) is 4.87. The van der Waals surface area contributed by atoms with Gasteiger partial charge in [0.25, 0.3) is 0 Å². The lowest BCUT2D eigenvalue weighted by molar-refractivity contribution is 0.314. The SMILES string of the molecule is C.C.CC=C(C)C1CCCC(C)C1. The molecule has 1 aliphatic carbocycles. The predicted octanol–water partition coefficient (Wildman–Crippen LogP) is 5.05. The van der Waals surface area contributed by atoms with Crippen molar-refractivity contribution in [2.24, 2.45) is 11.8 Å². The van der Waals surface area contributed by atoms with Crippen molar-refractivity contribution in [2.45, 2.75) is 61.3 Å². The summed E-state index contributed by atoms with van der Waals surface area (Å²) in [6.07, 6.45) is 8.03. The molecule has 0 N–H and O–H groups in total. The number of hydrogen-bond acceptors (Lipinski definition) is 0. The van der Waals surface area contributed by atoms with Gasteiger partial charge in [-0.2, -0.15) is 0 Å². The summed E-state index contributed by atoms with van der Waals surface area (Å²) >= 11 is 0. The summed E-state index contributed by atoms with van der Waals surface area (Å²) in [7, 11) is 0. The standard InChI is InChI=1S/C11H20.2CH4/c1-4-10(3)11-7-5-6-9(2)8-11;;/h4,9,11H,5-8H2,1-3H3;2*1H4. The Morgan fingerprint density at radius 3 is 2.31 bits per heavy atom. The van der Waals surface area contributed by atoms with Gasteiger partial charge in [0, 0.05) is 0 Å². The summed E-state index contributed by atoms with van der Waals surface area (Å²) in [6, 6.07) is 0. The maximum Gasteiger partial charge on any atom is -0.0204 e. The van der Waals surface area contributed by atoms with Crippen molar-refractivity contribution in [2.75, 3.05) is 0 Å².